The Morgan fingerprint density at radius 1 is 1.11 bits per heavy atom. The van der Waals surface area contributed by atoms with E-state index in [-0.39, 0.29) is 81.0 Å². The van der Waals surface area contributed by atoms with E-state index in [0.29, 0.717) is 25.3 Å². The summed E-state index contributed by atoms with van der Waals surface area (Å²) in [6.45, 7) is 2.26. The molecule has 4 aromatic rings. The number of pyridine rings is 1. The fraction of sp³-hybridized carbons (Fsp3) is 0.412. The van der Waals surface area contributed by atoms with Crippen molar-refractivity contribution in [3.63, 3.8) is 0 Å². The molecule has 4 aliphatic heterocycles. The van der Waals surface area contributed by atoms with E-state index >= 15 is 8.78 Å². The van der Waals surface area contributed by atoms with Crippen LogP contribution in [0.4, 0.5) is 19.0 Å². The van der Waals surface area contributed by atoms with Gasteiger partial charge in [0.15, 0.2) is 11.6 Å². The van der Waals surface area contributed by atoms with Gasteiger partial charge in [0.1, 0.15) is 53.6 Å². The Hall–Kier alpha value is -4.81. The number of aromatic nitrogens is 3. The molecule has 9 nitrogen and oxygen atoms in total. The van der Waals surface area contributed by atoms with Crippen LogP contribution in [0.15, 0.2) is 18.2 Å². The van der Waals surface area contributed by atoms with Crippen LogP contribution in [0.5, 0.6) is 17.6 Å². The predicted molar refractivity (Wildman–Crippen MR) is 164 cm³/mol. The summed E-state index contributed by atoms with van der Waals surface area (Å²) in [5.41, 5.74) is -1.41. The molecule has 1 N–H and O–H groups in total. The third kappa shape index (κ3) is 4.31. The Balaban J connectivity index is 1.34. The van der Waals surface area contributed by atoms with Crippen LogP contribution in [0.1, 0.15) is 49.7 Å². The minimum Gasteiger partial charge on any atom is -0.508 e. The fourth-order valence-corrected chi connectivity index (χ4v) is 7.84. The largest absolute Gasteiger partial charge is 0.508 e. The summed E-state index contributed by atoms with van der Waals surface area (Å²) in [7, 11) is 0. The van der Waals surface area contributed by atoms with Crippen molar-refractivity contribution >= 4 is 27.5 Å². The molecule has 0 aliphatic carbocycles. The second-order valence-corrected chi connectivity index (χ2v) is 12.6. The number of rotatable bonds is 4. The maximum atomic E-state index is 16.9. The first-order valence-electron chi connectivity index (χ1n) is 15.5. The van der Waals surface area contributed by atoms with E-state index in [1.165, 1.54) is 18.2 Å². The molecule has 46 heavy (non-hydrogen) atoms. The number of benzene rings is 2. The van der Waals surface area contributed by atoms with Gasteiger partial charge in [-0.15, -0.1) is 6.42 Å². The molecular weight excluding hydrogens is 597 g/mol. The van der Waals surface area contributed by atoms with Gasteiger partial charge in [-0.3, -0.25) is 4.90 Å². The molecule has 3 fully saturated rings. The zero-order valence-corrected chi connectivity index (χ0v) is 24.8. The van der Waals surface area contributed by atoms with Gasteiger partial charge in [0.05, 0.1) is 22.7 Å². The molecule has 0 bridgehead atoms. The number of fused-ring (bicyclic) bond motifs is 4. The molecule has 0 spiro atoms. The van der Waals surface area contributed by atoms with Gasteiger partial charge in [-0.05, 0) is 62.2 Å². The highest BCUT2D eigenvalue weighted by Crippen LogP contribution is 2.45. The lowest BCUT2D eigenvalue weighted by Gasteiger charge is -2.35. The summed E-state index contributed by atoms with van der Waals surface area (Å²) in [6.07, 6.45) is 9.59. The van der Waals surface area contributed by atoms with Crippen LogP contribution < -0.4 is 14.4 Å². The molecule has 3 atom stereocenters. The highest BCUT2D eigenvalue weighted by Gasteiger charge is 2.49. The minimum absolute atomic E-state index is 0.00983. The van der Waals surface area contributed by atoms with Gasteiger partial charge < -0.3 is 19.5 Å². The molecule has 12 heteroatoms. The Morgan fingerprint density at radius 2 is 1.98 bits per heavy atom. The number of nitrogens with zero attached hydrogens (tertiary/aromatic N) is 6. The van der Waals surface area contributed by atoms with Gasteiger partial charge in [0, 0.05) is 30.5 Å². The van der Waals surface area contributed by atoms with Crippen molar-refractivity contribution in [3.05, 3.63) is 41.0 Å². The lowest BCUT2D eigenvalue weighted by molar-refractivity contribution is 0.107. The molecule has 0 radical (unpaired) electrons. The zero-order chi connectivity index (χ0) is 31.7. The number of piperidine rings is 1. The van der Waals surface area contributed by atoms with E-state index in [4.69, 9.17) is 20.9 Å². The van der Waals surface area contributed by atoms with Crippen LogP contribution in [-0.4, -0.2) is 75.6 Å². The quantitative estimate of drug-likeness (QED) is 0.299. The molecule has 2 aromatic heterocycles. The standard InChI is InChI=1S/C34H29F3N6O3/c1-2-23-25-18(10-19(14-38)27(23)36)11-22(44)12-24(25)29-28(37)30-26-31(43-9-4-3-6-21(43)16-45-32(26)39-29)41-33(40-30)46-17-34-7-5-8-42(34)15-20(35)13-34/h1,10-12,20-21,44H,3-9,13,15-17H2/t20-,21+,34+/m1/s1. The number of halogens is 3. The van der Waals surface area contributed by atoms with Crippen LogP contribution in [0, 0.1) is 35.3 Å². The predicted octanol–water partition coefficient (Wildman–Crippen LogP) is 5.39. The first-order valence-corrected chi connectivity index (χ1v) is 15.5. The first-order chi connectivity index (χ1) is 22.3. The monoisotopic (exact) mass is 626 g/mol. The van der Waals surface area contributed by atoms with Crippen molar-refractivity contribution in [2.45, 2.75) is 56.3 Å². The van der Waals surface area contributed by atoms with Crippen molar-refractivity contribution in [1.82, 2.24) is 19.9 Å². The number of anilines is 1. The van der Waals surface area contributed by atoms with Gasteiger partial charge >= 0.3 is 6.01 Å². The van der Waals surface area contributed by atoms with E-state index in [2.05, 4.69) is 25.7 Å². The number of hydrogen-bond acceptors (Lipinski definition) is 9. The van der Waals surface area contributed by atoms with Gasteiger partial charge in [0.2, 0.25) is 5.88 Å². The Bertz CT molecular complexity index is 2030. The topological polar surface area (TPSA) is 108 Å². The molecule has 3 saturated heterocycles. The van der Waals surface area contributed by atoms with Gasteiger partial charge in [-0.25, -0.2) is 18.2 Å². The van der Waals surface area contributed by atoms with E-state index < -0.39 is 23.3 Å². The van der Waals surface area contributed by atoms with E-state index in [0.717, 1.165) is 38.6 Å². The van der Waals surface area contributed by atoms with Crippen LogP contribution >= 0.6 is 0 Å². The number of alkyl halides is 1. The number of phenolic OH excluding ortho intramolecular Hbond substituents is 1. The number of nitriles is 1. The van der Waals surface area contributed by atoms with Gasteiger partial charge in [0.25, 0.3) is 0 Å². The van der Waals surface area contributed by atoms with E-state index in [1.54, 1.807) is 6.07 Å². The number of hydrogen-bond donors (Lipinski definition) is 1. The molecule has 8 rings (SSSR count). The summed E-state index contributed by atoms with van der Waals surface area (Å²) < 4.78 is 59.2. The summed E-state index contributed by atoms with van der Waals surface area (Å²) in [5.74, 6) is 0.770. The van der Waals surface area contributed by atoms with Crippen LogP contribution in [-0.2, 0) is 0 Å². The fourth-order valence-electron chi connectivity index (χ4n) is 7.84. The van der Waals surface area contributed by atoms with Crippen LogP contribution in [0.3, 0.4) is 0 Å². The molecule has 0 saturated carbocycles. The number of terminal acetylenes is 1. The molecular formula is C34H29F3N6O3. The Kier molecular flexibility index (Phi) is 6.62. The summed E-state index contributed by atoms with van der Waals surface area (Å²) in [6, 6.07) is 5.51. The van der Waals surface area contributed by atoms with Crippen molar-refractivity contribution in [2.75, 3.05) is 37.7 Å². The summed E-state index contributed by atoms with van der Waals surface area (Å²) >= 11 is 0. The molecule has 2 aromatic carbocycles. The van der Waals surface area contributed by atoms with Crippen molar-refractivity contribution in [1.29, 1.82) is 5.26 Å². The second-order valence-electron chi connectivity index (χ2n) is 12.6. The average Bonchev–Trinajstić information content (AvgIpc) is 3.53. The van der Waals surface area contributed by atoms with Crippen molar-refractivity contribution in [2.24, 2.45) is 0 Å². The van der Waals surface area contributed by atoms with Gasteiger partial charge in [-0.2, -0.15) is 15.2 Å². The Morgan fingerprint density at radius 3 is 2.80 bits per heavy atom. The maximum Gasteiger partial charge on any atom is 0.319 e. The molecule has 6 heterocycles. The third-order valence-corrected chi connectivity index (χ3v) is 9.93. The van der Waals surface area contributed by atoms with E-state index in [1.807, 2.05) is 0 Å². The maximum absolute atomic E-state index is 16.9. The normalized spacial score (nSPS) is 23.8. The summed E-state index contributed by atoms with van der Waals surface area (Å²) in [4.78, 5) is 18.1. The van der Waals surface area contributed by atoms with Crippen LogP contribution in [0.2, 0.25) is 0 Å². The lowest BCUT2D eigenvalue weighted by Crippen LogP contribution is -2.44. The van der Waals surface area contributed by atoms with Crippen molar-refractivity contribution < 1.29 is 27.8 Å². The highest BCUT2D eigenvalue weighted by atomic mass is 19.1. The first kappa shape index (κ1) is 28.6. The van der Waals surface area contributed by atoms with Gasteiger partial charge in [-0.1, -0.05) is 5.92 Å². The third-order valence-electron chi connectivity index (χ3n) is 9.93. The molecule has 0 unspecified atom stereocenters. The molecule has 234 valence electrons. The summed E-state index contributed by atoms with van der Waals surface area (Å²) in [5, 5.41) is 20.8. The zero-order valence-electron chi connectivity index (χ0n) is 24.8. The smallest absolute Gasteiger partial charge is 0.319 e. The average molecular weight is 627 g/mol. The minimum atomic E-state index is -0.940. The number of aromatic hydroxyl groups is 1. The number of ether oxygens (including phenoxy) is 2. The molecule has 4 aliphatic rings. The van der Waals surface area contributed by atoms with E-state index in [9.17, 15) is 14.8 Å². The SMILES string of the molecule is C#Cc1c(F)c(C#N)cc2cc(O)cc(-c3nc4c5c(nc(OC[C@@]67CCCN6C[C@H](F)C7)nc5c3F)N3CCCC[C@H]3CO4)c12. The number of phenols is 1. The Labute approximate surface area is 262 Å². The van der Waals surface area contributed by atoms with Crippen molar-refractivity contribution in [3.8, 4) is 47.3 Å². The molecule has 0 amide bonds. The van der Waals surface area contributed by atoms with Crippen LogP contribution in [0.25, 0.3) is 32.9 Å². The second kappa shape index (κ2) is 10.6. The lowest BCUT2D eigenvalue weighted by atomic mass is 9.93. The highest BCUT2D eigenvalue weighted by molar-refractivity contribution is 6.04.